The van der Waals surface area contributed by atoms with Crippen LogP contribution < -0.4 is 10.3 Å². The van der Waals surface area contributed by atoms with E-state index in [2.05, 4.69) is 15.0 Å². The van der Waals surface area contributed by atoms with E-state index in [1.54, 1.807) is 18.2 Å². The van der Waals surface area contributed by atoms with Crippen LogP contribution in [0.15, 0.2) is 35.4 Å². The van der Waals surface area contributed by atoms with E-state index in [1.165, 1.54) is 19.5 Å². The Labute approximate surface area is 85.8 Å². The highest BCUT2D eigenvalue weighted by atomic mass is 16.5. The Morgan fingerprint density at radius 2 is 2.27 bits per heavy atom. The summed E-state index contributed by atoms with van der Waals surface area (Å²) in [6, 6.07) is 5.18. The fourth-order valence-corrected chi connectivity index (χ4v) is 1.19. The largest absolute Gasteiger partial charge is 0.481 e. The highest BCUT2D eigenvalue weighted by molar-refractivity contribution is 5.52. The number of hydrogen-bond acceptors (Lipinski definition) is 4. The van der Waals surface area contributed by atoms with Crippen LogP contribution in [0.3, 0.4) is 0 Å². The van der Waals surface area contributed by atoms with E-state index >= 15 is 0 Å². The summed E-state index contributed by atoms with van der Waals surface area (Å²) < 4.78 is 4.97. The number of nitrogens with zero attached hydrogens (tertiary/aromatic N) is 2. The van der Waals surface area contributed by atoms with E-state index in [4.69, 9.17) is 4.74 Å². The minimum absolute atomic E-state index is 0.266. The molecule has 0 saturated carbocycles. The quantitative estimate of drug-likeness (QED) is 0.785. The van der Waals surface area contributed by atoms with Crippen molar-refractivity contribution < 1.29 is 4.74 Å². The second-order valence-electron chi connectivity index (χ2n) is 2.83. The molecule has 15 heavy (non-hydrogen) atoms. The average Bonchev–Trinajstić information content (AvgIpc) is 2.30. The molecule has 0 bridgehead atoms. The molecule has 0 saturated heterocycles. The summed E-state index contributed by atoms with van der Waals surface area (Å²) in [5.41, 5.74) is 0.519. The Balaban J connectivity index is 2.54. The molecule has 2 rings (SSSR count). The number of rotatable bonds is 2. The van der Waals surface area contributed by atoms with Crippen LogP contribution in [0.2, 0.25) is 0 Å². The van der Waals surface area contributed by atoms with Crippen molar-refractivity contribution in [2.75, 3.05) is 7.11 Å². The van der Waals surface area contributed by atoms with Crippen molar-refractivity contribution in [1.82, 2.24) is 15.0 Å². The van der Waals surface area contributed by atoms with Crippen molar-refractivity contribution in [3.05, 3.63) is 40.9 Å². The molecular formula is C10H9N3O2. The Kier molecular flexibility index (Phi) is 2.45. The molecule has 0 atom stereocenters. The fraction of sp³-hybridized carbons (Fsp3) is 0.100. The van der Waals surface area contributed by atoms with Crippen LogP contribution in [-0.4, -0.2) is 22.1 Å². The van der Waals surface area contributed by atoms with Crippen molar-refractivity contribution >= 4 is 0 Å². The van der Waals surface area contributed by atoms with Crippen LogP contribution in [-0.2, 0) is 0 Å². The lowest BCUT2D eigenvalue weighted by atomic mass is 10.3. The molecular weight excluding hydrogens is 194 g/mol. The summed E-state index contributed by atoms with van der Waals surface area (Å²) in [7, 11) is 1.52. The molecule has 0 aromatic carbocycles. The summed E-state index contributed by atoms with van der Waals surface area (Å²) >= 11 is 0. The second-order valence-corrected chi connectivity index (χ2v) is 2.83. The predicted octanol–water partition coefficient (Wildman–Crippen LogP) is 0.840. The van der Waals surface area contributed by atoms with Crippen LogP contribution in [0.5, 0.6) is 5.88 Å². The van der Waals surface area contributed by atoms with Crippen molar-refractivity contribution in [3.8, 4) is 17.3 Å². The van der Waals surface area contributed by atoms with Crippen LogP contribution >= 0.6 is 0 Å². The third-order valence-electron chi connectivity index (χ3n) is 1.88. The molecule has 2 aromatic heterocycles. The monoisotopic (exact) mass is 203 g/mol. The minimum Gasteiger partial charge on any atom is -0.481 e. The smallest absolute Gasteiger partial charge is 0.276 e. The number of aromatic nitrogens is 3. The summed E-state index contributed by atoms with van der Waals surface area (Å²) in [5.74, 6) is 0.456. The van der Waals surface area contributed by atoms with Crippen LogP contribution in [0, 0.1) is 0 Å². The Morgan fingerprint density at radius 3 is 3.00 bits per heavy atom. The summed E-state index contributed by atoms with van der Waals surface area (Å²) in [6.45, 7) is 0. The van der Waals surface area contributed by atoms with Crippen molar-refractivity contribution in [1.29, 1.82) is 0 Å². The fourth-order valence-electron chi connectivity index (χ4n) is 1.19. The van der Waals surface area contributed by atoms with Gasteiger partial charge < -0.3 is 9.72 Å². The molecule has 2 aromatic rings. The van der Waals surface area contributed by atoms with Crippen molar-refractivity contribution in [2.24, 2.45) is 0 Å². The van der Waals surface area contributed by atoms with E-state index < -0.39 is 0 Å². The molecule has 0 aliphatic rings. The average molecular weight is 203 g/mol. The maximum atomic E-state index is 11.4. The number of nitrogens with one attached hydrogen (secondary N) is 1. The standard InChI is InChI=1S/C10H9N3O2/c1-15-8-4-2-3-7(13-8)9-10(14)12-6-5-11-9/h2-6H,1H3,(H,12,14). The molecule has 2 heterocycles. The van der Waals surface area contributed by atoms with Crippen LogP contribution in [0.1, 0.15) is 0 Å². The zero-order chi connectivity index (χ0) is 10.7. The number of methoxy groups -OCH3 is 1. The van der Waals surface area contributed by atoms with Gasteiger partial charge in [-0.1, -0.05) is 6.07 Å². The van der Waals surface area contributed by atoms with Gasteiger partial charge in [0.05, 0.1) is 12.8 Å². The Morgan fingerprint density at radius 1 is 1.40 bits per heavy atom. The van der Waals surface area contributed by atoms with E-state index in [0.717, 1.165) is 0 Å². The van der Waals surface area contributed by atoms with Crippen molar-refractivity contribution in [2.45, 2.75) is 0 Å². The lowest BCUT2D eigenvalue weighted by molar-refractivity contribution is 0.398. The van der Waals surface area contributed by atoms with Crippen LogP contribution in [0.25, 0.3) is 11.4 Å². The lowest BCUT2D eigenvalue weighted by Gasteiger charge is -2.01. The first-order valence-corrected chi connectivity index (χ1v) is 4.36. The number of ether oxygens (including phenoxy) is 1. The number of aromatic amines is 1. The van der Waals surface area contributed by atoms with Gasteiger partial charge in [-0.25, -0.2) is 9.97 Å². The molecule has 0 aliphatic carbocycles. The molecule has 0 spiro atoms. The normalized spacial score (nSPS) is 9.93. The molecule has 5 heteroatoms. The highest BCUT2D eigenvalue weighted by Gasteiger charge is 2.05. The summed E-state index contributed by atoms with van der Waals surface area (Å²) in [5, 5.41) is 0. The molecule has 0 unspecified atom stereocenters. The Hall–Kier alpha value is -2.17. The number of H-pyrrole nitrogens is 1. The predicted molar refractivity (Wildman–Crippen MR) is 54.6 cm³/mol. The van der Waals surface area contributed by atoms with E-state index in [-0.39, 0.29) is 11.3 Å². The topological polar surface area (TPSA) is 67.9 Å². The molecule has 76 valence electrons. The summed E-state index contributed by atoms with van der Waals surface area (Å²) in [4.78, 5) is 22.0. The SMILES string of the molecule is COc1cccc(-c2ncc[nH]c2=O)n1. The first kappa shape index (κ1) is 9.39. The zero-order valence-corrected chi connectivity index (χ0v) is 8.10. The highest BCUT2D eigenvalue weighted by Crippen LogP contribution is 2.13. The van der Waals surface area contributed by atoms with Gasteiger partial charge in [0, 0.05) is 18.5 Å². The van der Waals surface area contributed by atoms with Crippen LogP contribution in [0.4, 0.5) is 0 Å². The minimum atomic E-state index is -0.266. The lowest BCUT2D eigenvalue weighted by Crippen LogP contribution is -2.10. The molecule has 1 N–H and O–H groups in total. The van der Waals surface area contributed by atoms with Gasteiger partial charge in [-0.15, -0.1) is 0 Å². The van der Waals surface area contributed by atoms with Gasteiger partial charge in [0.1, 0.15) is 0 Å². The maximum Gasteiger partial charge on any atom is 0.276 e. The van der Waals surface area contributed by atoms with E-state index in [1.807, 2.05) is 0 Å². The molecule has 0 aliphatic heterocycles. The maximum absolute atomic E-state index is 11.4. The second kappa shape index (κ2) is 3.91. The van der Waals surface area contributed by atoms with Gasteiger partial charge >= 0.3 is 0 Å². The molecule has 5 nitrogen and oxygen atoms in total. The number of pyridine rings is 1. The molecule has 0 fully saturated rings. The zero-order valence-electron chi connectivity index (χ0n) is 8.10. The Bertz CT molecular complexity index is 522. The van der Waals surface area contributed by atoms with Gasteiger partial charge in [0.25, 0.3) is 5.56 Å². The molecule has 0 radical (unpaired) electrons. The summed E-state index contributed by atoms with van der Waals surface area (Å²) in [6.07, 6.45) is 2.99. The first-order chi connectivity index (χ1) is 7.31. The third kappa shape index (κ3) is 1.85. The first-order valence-electron chi connectivity index (χ1n) is 4.36. The molecule has 0 amide bonds. The van der Waals surface area contributed by atoms with Gasteiger partial charge in [-0.05, 0) is 6.07 Å². The van der Waals surface area contributed by atoms with E-state index in [9.17, 15) is 4.79 Å². The van der Waals surface area contributed by atoms with Gasteiger partial charge in [0.15, 0.2) is 5.69 Å². The van der Waals surface area contributed by atoms with Crippen molar-refractivity contribution in [3.63, 3.8) is 0 Å². The van der Waals surface area contributed by atoms with Gasteiger partial charge in [0.2, 0.25) is 5.88 Å². The number of hydrogen-bond donors (Lipinski definition) is 1. The van der Waals surface area contributed by atoms with E-state index in [0.29, 0.717) is 11.6 Å². The third-order valence-corrected chi connectivity index (χ3v) is 1.88. The van der Waals surface area contributed by atoms with Gasteiger partial charge in [-0.3, -0.25) is 4.79 Å². The van der Waals surface area contributed by atoms with Gasteiger partial charge in [-0.2, -0.15) is 0 Å².